The summed E-state index contributed by atoms with van der Waals surface area (Å²) in [6.07, 6.45) is 6.48. The molecule has 1 aliphatic rings. The van der Waals surface area contributed by atoms with Gasteiger partial charge in [-0.05, 0) is 24.8 Å². The predicted molar refractivity (Wildman–Crippen MR) is 47.8 cm³/mol. The first-order chi connectivity index (χ1) is 5.77. The van der Waals surface area contributed by atoms with Gasteiger partial charge in [0, 0.05) is 25.2 Å². The fraction of sp³-hybridized carbons (Fsp3) is 0.667. The highest BCUT2D eigenvalue weighted by molar-refractivity contribution is 5.20. The third-order valence-electron chi connectivity index (χ3n) is 2.62. The topological polar surface area (TPSA) is 43.8 Å². The Morgan fingerprint density at radius 1 is 1.67 bits per heavy atom. The molecule has 2 rings (SSSR count). The molecule has 1 aromatic heterocycles. The van der Waals surface area contributed by atoms with Gasteiger partial charge in [0.15, 0.2) is 0 Å². The van der Waals surface area contributed by atoms with E-state index in [0.29, 0.717) is 6.04 Å². The molecule has 0 bridgehead atoms. The quantitative estimate of drug-likeness (QED) is 0.573. The molecule has 0 spiro atoms. The largest absolute Gasteiger partial charge is 0.327 e. The third-order valence-corrected chi connectivity index (χ3v) is 2.62. The van der Waals surface area contributed by atoms with E-state index in [1.54, 1.807) is 0 Å². The highest BCUT2D eigenvalue weighted by Crippen LogP contribution is 2.18. The van der Waals surface area contributed by atoms with E-state index in [4.69, 9.17) is 5.73 Å². The van der Waals surface area contributed by atoms with Crippen LogP contribution in [0.25, 0.3) is 0 Å². The van der Waals surface area contributed by atoms with Crippen molar-refractivity contribution in [2.24, 2.45) is 12.8 Å². The van der Waals surface area contributed by atoms with Gasteiger partial charge in [0.2, 0.25) is 0 Å². The number of nitrogens with two attached hydrogens (primary N) is 1. The van der Waals surface area contributed by atoms with Gasteiger partial charge in [-0.2, -0.15) is 5.10 Å². The van der Waals surface area contributed by atoms with Crippen LogP contribution in [-0.2, 0) is 19.9 Å². The summed E-state index contributed by atoms with van der Waals surface area (Å²) in [5.41, 5.74) is 8.66. The number of rotatable bonds is 0. The van der Waals surface area contributed by atoms with Gasteiger partial charge in [0.1, 0.15) is 0 Å². The maximum absolute atomic E-state index is 5.94. The molecule has 0 saturated carbocycles. The number of fused-ring (bicyclic) bond motifs is 1. The fourth-order valence-electron chi connectivity index (χ4n) is 1.89. The minimum Gasteiger partial charge on any atom is -0.327 e. The Kier molecular flexibility index (Phi) is 1.89. The van der Waals surface area contributed by atoms with Crippen molar-refractivity contribution in [1.82, 2.24) is 9.78 Å². The second-order valence-electron chi connectivity index (χ2n) is 3.60. The Morgan fingerprint density at radius 2 is 2.50 bits per heavy atom. The van der Waals surface area contributed by atoms with Crippen molar-refractivity contribution in [2.75, 3.05) is 0 Å². The molecule has 12 heavy (non-hydrogen) atoms. The van der Waals surface area contributed by atoms with Crippen LogP contribution in [0.3, 0.4) is 0 Å². The first-order valence-electron chi connectivity index (χ1n) is 4.52. The van der Waals surface area contributed by atoms with E-state index < -0.39 is 0 Å². The van der Waals surface area contributed by atoms with E-state index in [-0.39, 0.29) is 0 Å². The normalized spacial score (nSPS) is 23.3. The van der Waals surface area contributed by atoms with Gasteiger partial charge < -0.3 is 5.73 Å². The van der Waals surface area contributed by atoms with Crippen molar-refractivity contribution >= 4 is 0 Å². The smallest absolute Gasteiger partial charge is 0.0524 e. The Balaban J connectivity index is 2.33. The molecule has 1 aromatic rings. The summed E-state index contributed by atoms with van der Waals surface area (Å²) in [7, 11) is 2.00. The minimum atomic E-state index is 0.335. The summed E-state index contributed by atoms with van der Waals surface area (Å²) < 4.78 is 1.96. The molecule has 2 N–H and O–H groups in total. The molecule has 66 valence electrons. The number of hydrogen-bond donors (Lipinski definition) is 1. The SMILES string of the molecule is Cn1ncc2c1C[C@H](N)CCC2. The lowest BCUT2D eigenvalue weighted by Gasteiger charge is -2.07. The van der Waals surface area contributed by atoms with E-state index in [0.717, 1.165) is 19.3 Å². The molecular weight excluding hydrogens is 150 g/mol. The van der Waals surface area contributed by atoms with E-state index in [1.807, 2.05) is 17.9 Å². The zero-order valence-electron chi connectivity index (χ0n) is 7.45. The van der Waals surface area contributed by atoms with Crippen LogP contribution in [-0.4, -0.2) is 15.8 Å². The number of nitrogens with zero attached hydrogens (tertiary/aromatic N) is 2. The molecule has 0 unspecified atom stereocenters. The van der Waals surface area contributed by atoms with E-state index in [2.05, 4.69) is 5.10 Å². The molecule has 0 aromatic carbocycles. The molecule has 1 atom stereocenters. The first kappa shape index (κ1) is 7.80. The summed E-state index contributed by atoms with van der Waals surface area (Å²) in [6.45, 7) is 0. The fourth-order valence-corrected chi connectivity index (χ4v) is 1.89. The predicted octanol–water partition coefficient (Wildman–Crippen LogP) is 0.626. The van der Waals surface area contributed by atoms with Gasteiger partial charge in [-0.15, -0.1) is 0 Å². The van der Waals surface area contributed by atoms with Gasteiger partial charge in [0.05, 0.1) is 6.20 Å². The summed E-state index contributed by atoms with van der Waals surface area (Å²) in [6, 6.07) is 0.335. The average Bonchev–Trinajstić information content (AvgIpc) is 2.31. The van der Waals surface area contributed by atoms with E-state index in [1.165, 1.54) is 17.7 Å². The lowest BCUT2D eigenvalue weighted by atomic mass is 10.1. The summed E-state index contributed by atoms with van der Waals surface area (Å²) in [5, 5.41) is 4.24. The molecular formula is C9H15N3. The van der Waals surface area contributed by atoms with Crippen molar-refractivity contribution in [3.8, 4) is 0 Å². The Labute approximate surface area is 72.6 Å². The van der Waals surface area contributed by atoms with Gasteiger partial charge in [0.25, 0.3) is 0 Å². The van der Waals surface area contributed by atoms with Crippen molar-refractivity contribution < 1.29 is 0 Å². The average molecular weight is 165 g/mol. The molecule has 0 saturated heterocycles. The molecule has 1 aliphatic carbocycles. The van der Waals surface area contributed by atoms with Crippen molar-refractivity contribution in [3.63, 3.8) is 0 Å². The molecule has 0 radical (unpaired) electrons. The maximum atomic E-state index is 5.94. The monoisotopic (exact) mass is 165 g/mol. The zero-order chi connectivity index (χ0) is 8.55. The Bertz CT molecular complexity index is 277. The van der Waals surface area contributed by atoms with Crippen LogP contribution in [0.4, 0.5) is 0 Å². The second-order valence-corrected chi connectivity index (χ2v) is 3.60. The van der Waals surface area contributed by atoms with Crippen molar-refractivity contribution in [3.05, 3.63) is 17.5 Å². The van der Waals surface area contributed by atoms with Crippen LogP contribution in [0.15, 0.2) is 6.20 Å². The molecule has 1 heterocycles. The van der Waals surface area contributed by atoms with Crippen molar-refractivity contribution in [2.45, 2.75) is 31.7 Å². The van der Waals surface area contributed by atoms with Gasteiger partial charge >= 0.3 is 0 Å². The molecule has 3 heteroatoms. The van der Waals surface area contributed by atoms with Crippen molar-refractivity contribution in [1.29, 1.82) is 0 Å². The Hall–Kier alpha value is -0.830. The zero-order valence-corrected chi connectivity index (χ0v) is 7.45. The summed E-state index contributed by atoms with van der Waals surface area (Å²) >= 11 is 0. The molecule has 3 nitrogen and oxygen atoms in total. The highest BCUT2D eigenvalue weighted by Gasteiger charge is 2.16. The van der Waals surface area contributed by atoms with Crippen LogP contribution in [0.2, 0.25) is 0 Å². The van der Waals surface area contributed by atoms with Crippen LogP contribution in [0.5, 0.6) is 0 Å². The standard InChI is InChI=1S/C9H15N3/c1-12-9-5-8(10)4-2-3-7(9)6-11-12/h6,8H,2-5,10H2,1H3/t8-/m1/s1. The number of aryl methyl sites for hydroxylation is 2. The number of aromatic nitrogens is 2. The lowest BCUT2D eigenvalue weighted by Crippen LogP contribution is -2.22. The van der Waals surface area contributed by atoms with Gasteiger partial charge in [-0.25, -0.2) is 0 Å². The number of hydrogen-bond acceptors (Lipinski definition) is 2. The van der Waals surface area contributed by atoms with Crippen LogP contribution in [0, 0.1) is 0 Å². The van der Waals surface area contributed by atoms with Crippen LogP contribution >= 0.6 is 0 Å². The van der Waals surface area contributed by atoms with Gasteiger partial charge in [-0.1, -0.05) is 0 Å². The van der Waals surface area contributed by atoms with E-state index in [9.17, 15) is 0 Å². The second kappa shape index (κ2) is 2.90. The first-order valence-corrected chi connectivity index (χ1v) is 4.52. The summed E-state index contributed by atoms with van der Waals surface area (Å²) in [5.74, 6) is 0. The van der Waals surface area contributed by atoms with E-state index >= 15 is 0 Å². The third kappa shape index (κ3) is 1.25. The lowest BCUT2D eigenvalue weighted by molar-refractivity contribution is 0.578. The maximum Gasteiger partial charge on any atom is 0.0524 e. The molecule has 0 amide bonds. The van der Waals surface area contributed by atoms with Gasteiger partial charge in [-0.3, -0.25) is 4.68 Å². The Morgan fingerprint density at radius 3 is 3.33 bits per heavy atom. The molecule has 0 fully saturated rings. The highest BCUT2D eigenvalue weighted by atomic mass is 15.3. The summed E-state index contributed by atoms with van der Waals surface area (Å²) in [4.78, 5) is 0. The van der Waals surface area contributed by atoms with Crippen LogP contribution < -0.4 is 5.73 Å². The minimum absolute atomic E-state index is 0.335. The molecule has 0 aliphatic heterocycles. The van der Waals surface area contributed by atoms with Crippen LogP contribution in [0.1, 0.15) is 24.1 Å².